The van der Waals surface area contributed by atoms with Crippen LogP contribution in [0.4, 0.5) is 4.39 Å². The molecule has 2 heteroatoms. The lowest BCUT2D eigenvalue weighted by molar-refractivity contribution is 0.627. The summed E-state index contributed by atoms with van der Waals surface area (Å²) in [5.74, 6) is -0.159. The molecule has 1 N–H and O–H groups in total. The van der Waals surface area contributed by atoms with Gasteiger partial charge in [0, 0.05) is 6.54 Å². The molecule has 0 amide bonds. The molecule has 0 bridgehead atoms. The molecule has 14 heavy (non-hydrogen) atoms. The summed E-state index contributed by atoms with van der Waals surface area (Å²) in [6.45, 7) is 3.99. The van der Waals surface area contributed by atoms with Crippen molar-refractivity contribution in [3.05, 3.63) is 40.7 Å². The van der Waals surface area contributed by atoms with E-state index in [1.165, 1.54) is 11.6 Å². The Kier molecular flexibility index (Phi) is 2.64. The first-order valence-corrected chi connectivity index (χ1v) is 4.92. The van der Waals surface area contributed by atoms with Crippen LogP contribution < -0.4 is 5.32 Å². The summed E-state index contributed by atoms with van der Waals surface area (Å²) in [7, 11) is 0. The minimum absolute atomic E-state index is 0.159. The highest BCUT2D eigenvalue weighted by molar-refractivity contribution is 5.57. The van der Waals surface area contributed by atoms with Crippen LogP contribution in [0.1, 0.15) is 17.5 Å². The quantitative estimate of drug-likeness (QED) is 0.719. The first-order valence-electron chi connectivity index (χ1n) is 4.92. The van der Waals surface area contributed by atoms with E-state index in [1.54, 1.807) is 6.07 Å². The maximum Gasteiger partial charge on any atom is 0.123 e. The van der Waals surface area contributed by atoms with Gasteiger partial charge in [-0.3, -0.25) is 0 Å². The molecular formula is C12H14FN. The van der Waals surface area contributed by atoms with Crippen molar-refractivity contribution in [2.24, 2.45) is 0 Å². The van der Waals surface area contributed by atoms with Gasteiger partial charge < -0.3 is 5.32 Å². The number of benzene rings is 1. The van der Waals surface area contributed by atoms with Crippen molar-refractivity contribution in [1.29, 1.82) is 0 Å². The second-order valence-electron chi connectivity index (χ2n) is 3.73. The fourth-order valence-corrected chi connectivity index (χ4v) is 1.70. The Labute approximate surface area is 83.6 Å². The largest absolute Gasteiger partial charge is 0.313 e. The molecule has 0 spiro atoms. The van der Waals surface area contributed by atoms with Gasteiger partial charge in [-0.05, 0) is 43.1 Å². The molecular weight excluding hydrogens is 177 g/mol. The van der Waals surface area contributed by atoms with Gasteiger partial charge in [-0.25, -0.2) is 4.39 Å². The van der Waals surface area contributed by atoms with Crippen LogP contribution in [0.3, 0.4) is 0 Å². The Bertz CT molecular complexity index is 361. The highest BCUT2D eigenvalue weighted by Gasteiger charge is 2.06. The van der Waals surface area contributed by atoms with Gasteiger partial charge in [0.25, 0.3) is 0 Å². The smallest absolute Gasteiger partial charge is 0.123 e. The summed E-state index contributed by atoms with van der Waals surface area (Å²) in [6.07, 6.45) is 3.17. The van der Waals surface area contributed by atoms with E-state index in [0.29, 0.717) is 0 Å². The minimum Gasteiger partial charge on any atom is -0.313 e. The molecule has 74 valence electrons. The number of halogens is 1. The highest BCUT2D eigenvalue weighted by Crippen LogP contribution is 2.16. The number of aryl methyl sites for hydroxylation is 1. The van der Waals surface area contributed by atoms with E-state index in [2.05, 4.69) is 11.4 Å². The zero-order chi connectivity index (χ0) is 9.97. The number of hydrogen-bond acceptors (Lipinski definition) is 1. The predicted molar refractivity (Wildman–Crippen MR) is 56.6 cm³/mol. The monoisotopic (exact) mass is 191 g/mol. The molecule has 0 aromatic heterocycles. The molecule has 1 nitrogen and oxygen atoms in total. The van der Waals surface area contributed by atoms with Gasteiger partial charge in [-0.2, -0.15) is 0 Å². The summed E-state index contributed by atoms with van der Waals surface area (Å²) in [5, 5.41) is 3.26. The zero-order valence-corrected chi connectivity index (χ0v) is 8.31. The number of rotatable bonds is 1. The lowest BCUT2D eigenvalue weighted by Crippen LogP contribution is -2.04. The van der Waals surface area contributed by atoms with Crippen molar-refractivity contribution >= 4 is 6.08 Å². The molecule has 1 aliphatic heterocycles. The normalized spacial score (nSPS) is 19.1. The molecule has 0 aliphatic carbocycles. The molecule has 1 aromatic carbocycles. The SMILES string of the molecule is Cc1ccc(F)cc1/C=C1/CCNC1. The van der Waals surface area contributed by atoms with Crippen LogP contribution in [0.5, 0.6) is 0 Å². The van der Waals surface area contributed by atoms with E-state index < -0.39 is 0 Å². The van der Waals surface area contributed by atoms with Crippen molar-refractivity contribution < 1.29 is 4.39 Å². The Morgan fingerprint density at radius 1 is 1.43 bits per heavy atom. The van der Waals surface area contributed by atoms with Crippen molar-refractivity contribution in [2.75, 3.05) is 13.1 Å². The molecule has 0 saturated carbocycles. The Morgan fingerprint density at radius 3 is 3.00 bits per heavy atom. The molecule has 1 fully saturated rings. The van der Waals surface area contributed by atoms with E-state index >= 15 is 0 Å². The van der Waals surface area contributed by atoms with Crippen LogP contribution in [0.2, 0.25) is 0 Å². The molecule has 1 saturated heterocycles. The molecule has 0 unspecified atom stereocenters. The third kappa shape index (κ3) is 2.02. The van der Waals surface area contributed by atoms with Gasteiger partial charge in [0.05, 0.1) is 0 Å². The van der Waals surface area contributed by atoms with E-state index in [1.807, 2.05) is 13.0 Å². The molecule has 2 rings (SSSR count). The first kappa shape index (κ1) is 9.41. The van der Waals surface area contributed by atoms with Crippen molar-refractivity contribution in [1.82, 2.24) is 5.32 Å². The van der Waals surface area contributed by atoms with Crippen LogP contribution in [0, 0.1) is 12.7 Å². The summed E-state index contributed by atoms with van der Waals surface area (Å²) < 4.78 is 13.0. The van der Waals surface area contributed by atoms with Gasteiger partial charge in [-0.15, -0.1) is 0 Å². The van der Waals surface area contributed by atoms with E-state index in [-0.39, 0.29) is 5.82 Å². The summed E-state index contributed by atoms with van der Waals surface area (Å²) in [5.41, 5.74) is 3.49. The Morgan fingerprint density at radius 2 is 2.29 bits per heavy atom. The fourth-order valence-electron chi connectivity index (χ4n) is 1.70. The second-order valence-corrected chi connectivity index (χ2v) is 3.73. The predicted octanol–water partition coefficient (Wildman–Crippen LogP) is 2.51. The summed E-state index contributed by atoms with van der Waals surface area (Å²) >= 11 is 0. The van der Waals surface area contributed by atoms with E-state index in [0.717, 1.165) is 30.6 Å². The van der Waals surface area contributed by atoms with Crippen molar-refractivity contribution in [3.8, 4) is 0 Å². The average molecular weight is 191 g/mol. The molecule has 1 heterocycles. The van der Waals surface area contributed by atoms with Crippen LogP contribution in [-0.2, 0) is 0 Å². The Hall–Kier alpha value is -1.15. The fraction of sp³-hybridized carbons (Fsp3) is 0.333. The van der Waals surface area contributed by atoms with E-state index in [9.17, 15) is 4.39 Å². The minimum atomic E-state index is -0.159. The van der Waals surface area contributed by atoms with Gasteiger partial charge >= 0.3 is 0 Å². The number of hydrogen-bond donors (Lipinski definition) is 1. The summed E-state index contributed by atoms with van der Waals surface area (Å²) in [6, 6.07) is 4.93. The topological polar surface area (TPSA) is 12.0 Å². The maximum atomic E-state index is 13.0. The lowest BCUT2D eigenvalue weighted by atomic mass is 10.1. The molecule has 0 radical (unpaired) electrons. The van der Waals surface area contributed by atoms with Crippen molar-refractivity contribution in [3.63, 3.8) is 0 Å². The molecule has 1 aromatic rings. The summed E-state index contributed by atoms with van der Waals surface area (Å²) in [4.78, 5) is 0. The lowest BCUT2D eigenvalue weighted by Gasteiger charge is -2.01. The Balaban J connectivity index is 2.31. The third-order valence-electron chi connectivity index (χ3n) is 2.58. The van der Waals surface area contributed by atoms with Crippen LogP contribution >= 0.6 is 0 Å². The van der Waals surface area contributed by atoms with E-state index in [4.69, 9.17) is 0 Å². The van der Waals surface area contributed by atoms with Crippen LogP contribution in [0.15, 0.2) is 23.8 Å². The average Bonchev–Trinajstić information content (AvgIpc) is 2.64. The van der Waals surface area contributed by atoms with Gasteiger partial charge in [0.15, 0.2) is 0 Å². The molecule has 1 aliphatic rings. The maximum absolute atomic E-state index is 13.0. The molecule has 0 atom stereocenters. The second kappa shape index (κ2) is 3.93. The van der Waals surface area contributed by atoms with Gasteiger partial charge in [0.2, 0.25) is 0 Å². The first-order chi connectivity index (χ1) is 6.75. The highest BCUT2D eigenvalue weighted by atomic mass is 19.1. The zero-order valence-electron chi connectivity index (χ0n) is 8.31. The van der Waals surface area contributed by atoms with Crippen LogP contribution in [-0.4, -0.2) is 13.1 Å². The van der Waals surface area contributed by atoms with Gasteiger partial charge in [0.1, 0.15) is 5.82 Å². The number of nitrogens with one attached hydrogen (secondary N) is 1. The van der Waals surface area contributed by atoms with Crippen molar-refractivity contribution in [2.45, 2.75) is 13.3 Å². The standard InChI is InChI=1S/C12H14FN/c1-9-2-3-12(13)7-11(9)6-10-4-5-14-8-10/h2-3,6-7,14H,4-5,8H2,1H3/b10-6-. The van der Waals surface area contributed by atoms with Gasteiger partial charge in [-0.1, -0.05) is 17.7 Å². The third-order valence-corrected chi connectivity index (χ3v) is 2.58. The van der Waals surface area contributed by atoms with Crippen LogP contribution in [0.25, 0.3) is 6.08 Å².